The molecule has 0 heterocycles. The highest BCUT2D eigenvalue weighted by molar-refractivity contribution is 6.08. The van der Waals surface area contributed by atoms with Crippen LogP contribution in [0.5, 0.6) is 0 Å². The van der Waals surface area contributed by atoms with E-state index in [2.05, 4.69) is 44.4 Å². The van der Waals surface area contributed by atoms with E-state index in [1.807, 2.05) is 0 Å². The molecule has 1 rings (SSSR count). The number of nitrogens with zero attached hydrogens (tertiary/aromatic N) is 1. The molecular formula is C12H22NSi+. The molecule has 1 aromatic carbocycles. The molecule has 0 aliphatic carbocycles. The monoisotopic (exact) mass is 208 g/mol. The average Bonchev–Trinajstić information content (AvgIpc) is 2.19. The van der Waals surface area contributed by atoms with Gasteiger partial charge in [-0.1, -0.05) is 30.7 Å². The van der Waals surface area contributed by atoms with E-state index >= 15 is 0 Å². The summed E-state index contributed by atoms with van der Waals surface area (Å²) in [7, 11) is 5.94. The van der Waals surface area contributed by atoms with Crippen molar-refractivity contribution in [2.24, 2.45) is 0 Å². The van der Waals surface area contributed by atoms with Crippen molar-refractivity contribution < 1.29 is 0 Å². The lowest BCUT2D eigenvalue weighted by molar-refractivity contribution is 0.388. The fourth-order valence-electron chi connectivity index (χ4n) is 1.72. The molecule has 0 fully saturated rings. The Bertz CT molecular complexity index is 256. The van der Waals surface area contributed by atoms with Crippen LogP contribution in [0.1, 0.15) is 12.8 Å². The standard InChI is InChI=1S/C12H22NSi/c1-13(2,10-6-7-11-14)12-8-4-3-5-9-12/h3-5,8-9H,6-7,10-11H2,1-2,14H3/q+1. The first kappa shape index (κ1) is 11.5. The van der Waals surface area contributed by atoms with Crippen molar-refractivity contribution in [3.8, 4) is 0 Å². The van der Waals surface area contributed by atoms with Gasteiger partial charge in [0.05, 0.1) is 20.6 Å². The topological polar surface area (TPSA) is 0 Å². The highest BCUT2D eigenvalue weighted by Gasteiger charge is 2.16. The van der Waals surface area contributed by atoms with E-state index in [4.69, 9.17) is 0 Å². The third kappa shape index (κ3) is 3.27. The lowest BCUT2D eigenvalue weighted by Crippen LogP contribution is -2.41. The van der Waals surface area contributed by atoms with Gasteiger partial charge in [-0.3, -0.25) is 4.48 Å². The zero-order valence-electron chi connectivity index (χ0n) is 9.66. The van der Waals surface area contributed by atoms with Gasteiger partial charge in [-0.25, -0.2) is 0 Å². The van der Waals surface area contributed by atoms with Crippen molar-refractivity contribution >= 4 is 15.9 Å². The SMILES string of the molecule is C[N+](C)(CCCC[SiH3])c1ccccc1. The Morgan fingerprint density at radius 1 is 1.07 bits per heavy atom. The Hall–Kier alpha value is -0.603. The van der Waals surface area contributed by atoms with Crippen molar-refractivity contribution in [2.45, 2.75) is 18.9 Å². The van der Waals surface area contributed by atoms with Gasteiger partial charge in [0.1, 0.15) is 5.69 Å². The summed E-state index contributed by atoms with van der Waals surface area (Å²) in [5.74, 6) is 0. The smallest absolute Gasteiger partial charge is 0.132 e. The Morgan fingerprint density at radius 2 is 1.71 bits per heavy atom. The van der Waals surface area contributed by atoms with Gasteiger partial charge in [-0.05, 0) is 18.6 Å². The number of para-hydroxylation sites is 1. The van der Waals surface area contributed by atoms with E-state index in [0.717, 1.165) is 4.48 Å². The maximum absolute atomic E-state index is 2.29. The highest BCUT2D eigenvalue weighted by atomic mass is 28.1. The molecule has 0 N–H and O–H groups in total. The zero-order chi connectivity index (χ0) is 10.4. The molecule has 0 bridgehead atoms. The predicted molar refractivity (Wildman–Crippen MR) is 68.9 cm³/mol. The summed E-state index contributed by atoms with van der Waals surface area (Å²) in [4.78, 5) is 0. The van der Waals surface area contributed by atoms with Crippen LogP contribution in [0.2, 0.25) is 6.04 Å². The van der Waals surface area contributed by atoms with Gasteiger partial charge in [-0.2, -0.15) is 0 Å². The molecule has 1 aromatic rings. The largest absolute Gasteiger partial charge is 0.296 e. The highest BCUT2D eigenvalue weighted by Crippen LogP contribution is 2.18. The Labute approximate surface area is 90.8 Å². The number of quaternary nitrogens is 1. The van der Waals surface area contributed by atoms with E-state index in [1.165, 1.54) is 41.4 Å². The number of rotatable bonds is 5. The third-order valence-electron chi connectivity index (χ3n) is 2.78. The Morgan fingerprint density at radius 3 is 2.29 bits per heavy atom. The molecule has 0 radical (unpaired) electrons. The van der Waals surface area contributed by atoms with Crippen LogP contribution in [0.25, 0.3) is 0 Å². The van der Waals surface area contributed by atoms with Crippen molar-refractivity contribution in [3.63, 3.8) is 0 Å². The van der Waals surface area contributed by atoms with Crippen LogP contribution in [0.3, 0.4) is 0 Å². The van der Waals surface area contributed by atoms with Gasteiger partial charge in [-0.15, -0.1) is 0 Å². The van der Waals surface area contributed by atoms with Gasteiger partial charge in [0, 0.05) is 10.2 Å². The maximum atomic E-state index is 2.29. The summed E-state index contributed by atoms with van der Waals surface area (Å²) in [5.41, 5.74) is 1.42. The Kier molecular flexibility index (Phi) is 4.36. The predicted octanol–water partition coefficient (Wildman–Crippen LogP) is 1.82. The van der Waals surface area contributed by atoms with E-state index in [1.54, 1.807) is 0 Å². The summed E-state index contributed by atoms with van der Waals surface area (Å²) in [6.45, 7) is 1.26. The fourth-order valence-corrected chi connectivity index (χ4v) is 2.22. The third-order valence-corrected chi connectivity index (χ3v) is 3.48. The number of hydrogen-bond donors (Lipinski definition) is 0. The number of benzene rings is 1. The summed E-state index contributed by atoms with van der Waals surface area (Å²) >= 11 is 0. The quantitative estimate of drug-likeness (QED) is 0.393. The van der Waals surface area contributed by atoms with Crippen LogP contribution in [0.15, 0.2) is 30.3 Å². The second-order valence-electron chi connectivity index (χ2n) is 4.45. The van der Waals surface area contributed by atoms with Gasteiger partial charge in [0.2, 0.25) is 0 Å². The van der Waals surface area contributed by atoms with Gasteiger partial charge < -0.3 is 0 Å². The van der Waals surface area contributed by atoms with Gasteiger partial charge >= 0.3 is 0 Å². The summed E-state index contributed by atoms with van der Waals surface area (Å²) in [6.07, 6.45) is 2.76. The molecule has 0 aromatic heterocycles. The molecule has 14 heavy (non-hydrogen) atoms. The molecular weight excluding hydrogens is 186 g/mol. The minimum atomic E-state index is 1.02. The lowest BCUT2D eigenvalue weighted by atomic mass is 10.2. The molecule has 0 aliphatic rings. The molecule has 0 saturated heterocycles. The van der Waals surface area contributed by atoms with E-state index < -0.39 is 0 Å². The minimum absolute atomic E-state index is 1.02. The molecule has 0 amide bonds. The summed E-state index contributed by atoms with van der Waals surface area (Å²) in [6, 6.07) is 12.2. The molecule has 0 atom stereocenters. The molecule has 0 spiro atoms. The first-order chi connectivity index (χ1) is 6.67. The van der Waals surface area contributed by atoms with E-state index in [9.17, 15) is 0 Å². The van der Waals surface area contributed by atoms with Crippen molar-refractivity contribution in [1.29, 1.82) is 0 Å². The first-order valence-corrected chi connectivity index (χ1v) is 6.97. The van der Waals surface area contributed by atoms with Crippen LogP contribution in [0.4, 0.5) is 5.69 Å². The fraction of sp³-hybridized carbons (Fsp3) is 0.500. The van der Waals surface area contributed by atoms with Crippen LogP contribution < -0.4 is 4.48 Å². The molecule has 1 nitrogen and oxygen atoms in total. The van der Waals surface area contributed by atoms with E-state index in [0.29, 0.717) is 0 Å². The van der Waals surface area contributed by atoms with Crippen LogP contribution >= 0.6 is 0 Å². The summed E-state index contributed by atoms with van der Waals surface area (Å²) < 4.78 is 1.02. The minimum Gasteiger partial charge on any atom is -0.296 e. The van der Waals surface area contributed by atoms with Crippen molar-refractivity contribution in [3.05, 3.63) is 30.3 Å². The zero-order valence-corrected chi connectivity index (χ0v) is 11.7. The summed E-state index contributed by atoms with van der Waals surface area (Å²) in [5, 5.41) is 0. The second kappa shape index (κ2) is 5.32. The van der Waals surface area contributed by atoms with Crippen LogP contribution in [0, 0.1) is 0 Å². The molecule has 78 valence electrons. The molecule has 0 unspecified atom stereocenters. The lowest BCUT2D eigenvalue weighted by Gasteiger charge is -2.29. The first-order valence-electron chi connectivity index (χ1n) is 5.55. The van der Waals surface area contributed by atoms with Crippen molar-refractivity contribution in [2.75, 3.05) is 20.6 Å². The van der Waals surface area contributed by atoms with Crippen LogP contribution in [-0.2, 0) is 0 Å². The number of hydrogen-bond acceptors (Lipinski definition) is 0. The Balaban J connectivity index is 2.56. The molecule has 0 aliphatic heterocycles. The molecule has 0 saturated carbocycles. The molecule has 2 heteroatoms. The van der Waals surface area contributed by atoms with Gasteiger partial charge in [0.15, 0.2) is 0 Å². The van der Waals surface area contributed by atoms with E-state index in [-0.39, 0.29) is 0 Å². The maximum Gasteiger partial charge on any atom is 0.132 e. The van der Waals surface area contributed by atoms with Crippen LogP contribution in [-0.4, -0.2) is 30.9 Å². The number of unbranched alkanes of at least 4 members (excludes halogenated alkanes) is 1. The van der Waals surface area contributed by atoms with Crippen molar-refractivity contribution in [1.82, 2.24) is 4.48 Å². The van der Waals surface area contributed by atoms with Gasteiger partial charge in [0.25, 0.3) is 0 Å². The normalized spacial score (nSPS) is 11.9. The second-order valence-corrected chi connectivity index (χ2v) is 5.45. The average molecular weight is 208 g/mol.